The number of carbonyl (C=O) groups is 1. The van der Waals surface area contributed by atoms with Gasteiger partial charge in [-0.15, -0.1) is 5.10 Å². The van der Waals surface area contributed by atoms with Gasteiger partial charge in [0.2, 0.25) is 5.91 Å². The van der Waals surface area contributed by atoms with Crippen LogP contribution >= 0.6 is 15.9 Å². The summed E-state index contributed by atoms with van der Waals surface area (Å²) < 4.78 is 21.7. The molecule has 1 fully saturated rings. The molecule has 1 saturated heterocycles. The van der Waals surface area contributed by atoms with Crippen LogP contribution in [0.2, 0.25) is 0 Å². The van der Waals surface area contributed by atoms with Crippen molar-refractivity contribution in [2.75, 3.05) is 13.1 Å². The van der Waals surface area contributed by atoms with E-state index in [0.717, 1.165) is 27.8 Å². The predicted octanol–water partition coefficient (Wildman–Crippen LogP) is 6.63. The number of benzene rings is 2. The first kappa shape index (κ1) is 28.5. The average molecular weight is 611 g/mol. The van der Waals surface area contributed by atoms with Crippen molar-refractivity contribution in [3.63, 3.8) is 0 Å². The van der Waals surface area contributed by atoms with Gasteiger partial charge in [-0.1, -0.05) is 25.1 Å². The summed E-state index contributed by atoms with van der Waals surface area (Å²) in [5, 5.41) is 9.80. The summed E-state index contributed by atoms with van der Waals surface area (Å²) in [6.45, 7) is 14.8. The molecular formula is C31H37BrFN5O2. The van der Waals surface area contributed by atoms with E-state index in [0.29, 0.717) is 36.4 Å². The highest BCUT2D eigenvalue weighted by molar-refractivity contribution is 9.10. The smallest absolute Gasteiger partial charge is 0.227 e. The van der Waals surface area contributed by atoms with Crippen LogP contribution in [0.15, 0.2) is 51.7 Å². The van der Waals surface area contributed by atoms with Crippen molar-refractivity contribution < 1.29 is 13.6 Å². The lowest BCUT2D eigenvalue weighted by molar-refractivity contribution is -0.135. The summed E-state index contributed by atoms with van der Waals surface area (Å²) in [5.74, 6) is 0.245. The Morgan fingerprint density at radius 2 is 1.88 bits per heavy atom. The Morgan fingerprint density at radius 3 is 2.55 bits per heavy atom. The number of piperazine rings is 1. The fraction of sp³-hybridized carbons (Fsp3) is 0.452. The Kier molecular flexibility index (Phi) is 8.15. The van der Waals surface area contributed by atoms with Crippen LogP contribution < -0.4 is 0 Å². The van der Waals surface area contributed by atoms with Crippen molar-refractivity contribution in [3.8, 4) is 0 Å². The molecule has 0 radical (unpaired) electrons. The number of hydrogen-bond donors (Lipinski definition) is 0. The van der Waals surface area contributed by atoms with E-state index in [9.17, 15) is 9.18 Å². The highest BCUT2D eigenvalue weighted by Gasteiger charge is 2.32. The Morgan fingerprint density at radius 1 is 1.15 bits per heavy atom. The zero-order valence-electron chi connectivity index (χ0n) is 24.0. The molecule has 4 aromatic rings. The van der Waals surface area contributed by atoms with Gasteiger partial charge in [0.15, 0.2) is 0 Å². The largest absolute Gasteiger partial charge is 0.464 e. The number of nitrogens with zero attached hydrogens (tertiary/aromatic N) is 5. The average Bonchev–Trinajstić information content (AvgIpc) is 3.53. The lowest BCUT2D eigenvalue weighted by atomic mass is 9.95. The van der Waals surface area contributed by atoms with Gasteiger partial charge >= 0.3 is 0 Å². The molecule has 1 amide bonds. The lowest BCUT2D eigenvalue weighted by Gasteiger charge is -2.44. The zero-order chi connectivity index (χ0) is 28.7. The summed E-state index contributed by atoms with van der Waals surface area (Å²) in [4.78, 5) is 17.8. The van der Waals surface area contributed by atoms with Gasteiger partial charge in [0.05, 0.1) is 35.1 Å². The molecule has 1 aliphatic rings. The van der Waals surface area contributed by atoms with Crippen molar-refractivity contribution in [1.82, 2.24) is 24.8 Å². The first-order valence-electron chi connectivity index (χ1n) is 13.9. The van der Waals surface area contributed by atoms with Crippen molar-refractivity contribution in [2.45, 2.75) is 78.6 Å². The monoisotopic (exact) mass is 609 g/mol. The van der Waals surface area contributed by atoms with Crippen molar-refractivity contribution >= 4 is 32.8 Å². The van der Waals surface area contributed by atoms with E-state index >= 15 is 0 Å². The fourth-order valence-corrected chi connectivity index (χ4v) is 6.23. The van der Waals surface area contributed by atoms with Gasteiger partial charge in [0, 0.05) is 42.7 Å². The number of fused-ring (bicyclic) bond motifs is 1. The van der Waals surface area contributed by atoms with Crippen LogP contribution in [-0.4, -0.2) is 55.9 Å². The van der Waals surface area contributed by atoms with Crippen LogP contribution in [0.1, 0.15) is 74.5 Å². The molecule has 2 aromatic heterocycles. The molecule has 212 valence electrons. The maximum absolute atomic E-state index is 13.7. The molecular weight excluding hydrogens is 573 g/mol. The summed E-state index contributed by atoms with van der Waals surface area (Å²) in [6.07, 6.45) is 4.03. The Hall–Kier alpha value is -3.04. The molecule has 7 nitrogen and oxygen atoms in total. The molecule has 9 heteroatoms. The third-order valence-corrected chi connectivity index (χ3v) is 8.79. The fourth-order valence-electron chi connectivity index (χ4n) is 5.84. The first-order chi connectivity index (χ1) is 19.0. The summed E-state index contributed by atoms with van der Waals surface area (Å²) in [7, 11) is 0. The van der Waals surface area contributed by atoms with E-state index in [1.807, 2.05) is 22.7 Å². The minimum absolute atomic E-state index is 0.0815. The number of halogens is 2. The minimum atomic E-state index is -0.288. The van der Waals surface area contributed by atoms with Gasteiger partial charge in [0.25, 0.3) is 0 Å². The minimum Gasteiger partial charge on any atom is -0.464 e. The van der Waals surface area contributed by atoms with Gasteiger partial charge in [-0.2, -0.15) is 0 Å². The van der Waals surface area contributed by atoms with Gasteiger partial charge < -0.3 is 9.32 Å². The molecule has 0 spiro atoms. The molecule has 0 saturated carbocycles. The third kappa shape index (κ3) is 5.72. The highest BCUT2D eigenvalue weighted by atomic mass is 79.9. The highest BCUT2D eigenvalue weighted by Crippen LogP contribution is 2.30. The Labute approximate surface area is 243 Å². The second-order valence-corrected chi connectivity index (χ2v) is 12.4. The molecule has 0 N–H and O–H groups in total. The number of furan rings is 1. The van der Waals surface area contributed by atoms with Crippen LogP contribution in [0.5, 0.6) is 0 Å². The summed E-state index contributed by atoms with van der Waals surface area (Å²) in [6, 6.07) is 9.52. The second kappa shape index (κ2) is 11.4. The SMILES string of the molecule is Cc1cc2occ(CC(=O)N3C[C@@H](C)N(Cc4cn([C@@H](C)c5ccc(F)c(Br)c5)nn4)[C@@H](C)C3)c2cc1C(C)C. The van der Waals surface area contributed by atoms with Crippen LogP contribution in [0, 0.1) is 12.7 Å². The van der Waals surface area contributed by atoms with E-state index in [1.54, 1.807) is 18.4 Å². The maximum atomic E-state index is 13.7. The number of hydrogen-bond acceptors (Lipinski definition) is 5. The predicted molar refractivity (Wildman–Crippen MR) is 158 cm³/mol. The second-order valence-electron chi connectivity index (χ2n) is 11.5. The van der Waals surface area contributed by atoms with Crippen molar-refractivity contribution in [1.29, 1.82) is 0 Å². The molecule has 40 heavy (non-hydrogen) atoms. The molecule has 3 atom stereocenters. The molecule has 5 rings (SSSR count). The van der Waals surface area contributed by atoms with Gasteiger partial charge in [-0.05, 0) is 90.5 Å². The summed E-state index contributed by atoms with van der Waals surface area (Å²) in [5.41, 5.74) is 6.10. The van der Waals surface area contributed by atoms with Crippen molar-refractivity contribution in [3.05, 3.63) is 81.0 Å². The van der Waals surface area contributed by atoms with E-state index in [-0.39, 0.29) is 29.8 Å². The standard InChI is InChI=1S/C31H37BrFN5O2/c1-18(2)26-12-27-24(17-40-30(27)9-19(26)3)11-31(39)36-13-20(4)37(21(5)14-36)15-25-16-38(35-34-25)22(6)23-7-8-29(33)28(32)10-23/h7-10,12,16-18,20-22H,11,13-15H2,1-6H3/t20-,21+,22-/m0/s1. The summed E-state index contributed by atoms with van der Waals surface area (Å²) >= 11 is 3.26. The third-order valence-electron chi connectivity index (χ3n) is 8.19. The number of rotatable bonds is 7. The van der Waals surface area contributed by atoms with Gasteiger partial charge in [-0.3, -0.25) is 9.69 Å². The normalized spacial score (nSPS) is 19.1. The van der Waals surface area contributed by atoms with Gasteiger partial charge in [0.1, 0.15) is 11.4 Å². The Balaban J connectivity index is 1.23. The van der Waals surface area contributed by atoms with Crippen molar-refractivity contribution in [2.24, 2.45) is 0 Å². The van der Waals surface area contributed by atoms with E-state index in [2.05, 4.69) is 77.9 Å². The lowest BCUT2D eigenvalue weighted by Crippen LogP contribution is -2.57. The van der Waals surface area contributed by atoms with Crippen LogP contribution in [0.4, 0.5) is 4.39 Å². The number of aryl methyl sites for hydroxylation is 1. The molecule has 3 heterocycles. The van der Waals surface area contributed by atoms with Crippen LogP contribution in [0.3, 0.4) is 0 Å². The molecule has 2 aromatic carbocycles. The van der Waals surface area contributed by atoms with Crippen LogP contribution in [-0.2, 0) is 17.8 Å². The van der Waals surface area contributed by atoms with Gasteiger partial charge in [-0.25, -0.2) is 9.07 Å². The van der Waals surface area contributed by atoms with Crippen LogP contribution in [0.25, 0.3) is 11.0 Å². The number of carbonyl (C=O) groups excluding carboxylic acids is 1. The number of aromatic nitrogens is 3. The molecule has 0 unspecified atom stereocenters. The zero-order valence-corrected chi connectivity index (χ0v) is 25.6. The molecule has 0 aliphatic carbocycles. The quantitative estimate of drug-likeness (QED) is 0.235. The van der Waals surface area contributed by atoms with E-state index in [1.165, 1.54) is 17.2 Å². The van der Waals surface area contributed by atoms with E-state index in [4.69, 9.17) is 4.42 Å². The number of amides is 1. The Bertz CT molecular complexity index is 1520. The topological polar surface area (TPSA) is 67.4 Å². The van der Waals surface area contributed by atoms with E-state index < -0.39 is 0 Å². The maximum Gasteiger partial charge on any atom is 0.227 e. The molecule has 1 aliphatic heterocycles. The first-order valence-corrected chi connectivity index (χ1v) is 14.7. The molecule has 0 bridgehead atoms.